The Morgan fingerprint density at radius 1 is 0.927 bits per heavy atom. The molecule has 0 spiro atoms. The zero-order valence-corrected chi connectivity index (χ0v) is 25.6. The molecule has 3 aromatic carbocycles. The van der Waals surface area contributed by atoms with E-state index in [2.05, 4.69) is 5.32 Å². The fourth-order valence-electron chi connectivity index (χ4n) is 5.11. The number of benzene rings is 3. The fraction of sp³-hybridized carbons (Fsp3) is 0.355. The van der Waals surface area contributed by atoms with Gasteiger partial charge in [0.25, 0.3) is 10.0 Å². The van der Waals surface area contributed by atoms with E-state index in [9.17, 15) is 18.0 Å². The zero-order valence-electron chi connectivity index (χ0n) is 23.2. The average Bonchev–Trinajstić information content (AvgIpc) is 3.48. The van der Waals surface area contributed by atoms with Gasteiger partial charge in [-0.1, -0.05) is 85.4 Å². The fourth-order valence-corrected chi connectivity index (χ4v) is 7.10. The van der Waals surface area contributed by atoms with Crippen LogP contribution in [0.3, 0.4) is 0 Å². The molecule has 0 aliphatic heterocycles. The molecular weight excluding hydrogens is 581 g/mol. The predicted molar refractivity (Wildman–Crippen MR) is 164 cm³/mol. The Labute approximate surface area is 252 Å². The summed E-state index contributed by atoms with van der Waals surface area (Å²) in [7, 11) is -4.14. The highest BCUT2D eigenvalue weighted by molar-refractivity contribution is 7.92. The van der Waals surface area contributed by atoms with E-state index in [-0.39, 0.29) is 23.4 Å². The first-order valence-electron chi connectivity index (χ1n) is 13.8. The highest BCUT2D eigenvalue weighted by Gasteiger charge is 2.34. The van der Waals surface area contributed by atoms with Crippen molar-refractivity contribution in [1.82, 2.24) is 10.2 Å². The Kier molecular flexibility index (Phi) is 10.3. The highest BCUT2D eigenvalue weighted by Crippen LogP contribution is 2.30. The standard InChI is InChI=1S/C31H35Cl2N3O4S/c1-3-23-12-7-10-19-29(23)36(41(39,40)25-15-5-4-6-16-25)21-30(37)35(20-26-27(32)17-11-18-28(26)33)22(2)31(38)34-24-13-8-9-14-24/h4-7,10-12,15-19,22,24H,3,8-9,13-14,20-21H2,1-2H3,(H,34,38)/t22-/m1/s1. The van der Waals surface area contributed by atoms with E-state index in [0.29, 0.717) is 27.7 Å². The van der Waals surface area contributed by atoms with Crippen LogP contribution in [0.1, 0.15) is 50.7 Å². The number of nitrogens with zero attached hydrogens (tertiary/aromatic N) is 2. The Morgan fingerprint density at radius 3 is 2.17 bits per heavy atom. The molecule has 0 aromatic heterocycles. The predicted octanol–water partition coefficient (Wildman–Crippen LogP) is 6.23. The number of amides is 2. The van der Waals surface area contributed by atoms with Crippen LogP contribution in [0.2, 0.25) is 10.0 Å². The average molecular weight is 617 g/mol. The van der Waals surface area contributed by atoms with Gasteiger partial charge in [0.05, 0.1) is 10.6 Å². The summed E-state index contributed by atoms with van der Waals surface area (Å²) < 4.78 is 29.1. The summed E-state index contributed by atoms with van der Waals surface area (Å²) in [6.07, 6.45) is 4.42. The number of para-hydroxylation sites is 1. The van der Waals surface area contributed by atoms with Crippen molar-refractivity contribution in [3.05, 3.63) is 94.0 Å². The molecule has 218 valence electrons. The zero-order chi connectivity index (χ0) is 29.6. The Bertz CT molecular complexity index is 1460. The number of halogens is 2. The topological polar surface area (TPSA) is 86.8 Å². The minimum absolute atomic E-state index is 0.0530. The van der Waals surface area contributed by atoms with Gasteiger partial charge in [-0.2, -0.15) is 0 Å². The van der Waals surface area contributed by atoms with Gasteiger partial charge >= 0.3 is 0 Å². The molecule has 0 unspecified atom stereocenters. The molecule has 3 aromatic rings. The number of hydrogen-bond donors (Lipinski definition) is 1. The summed E-state index contributed by atoms with van der Waals surface area (Å²) >= 11 is 12.9. The van der Waals surface area contributed by atoms with Crippen LogP contribution in [0.5, 0.6) is 0 Å². The van der Waals surface area contributed by atoms with Crippen molar-refractivity contribution in [3.8, 4) is 0 Å². The second kappa shape index (κ2) is 13.7. The maximum Gasteiger partial charge on any atom is 0.264 e. The quantitative estimate of drug-likeness (QED) is 0.277. The summed E-state index contributed by atoms with van der Waals surface area (Å²) in [4.78, 5) is 29.0. The van der Waals surface area contributed by atoms with E-state index >= 15 is 0 Å². The van der Waals surface area contributed by atoms with Gasteiger partial charge in [0.1, 0.15) is 12.6 Å². The second-order valence-corrected chi connectivity index (χ2v) is 12.9. The number of anilines is 1. The molecule has 1 fully saturated rings. The van der Waals surface area contributed by atoms with Gasteiger partial charge in [-0.25, -0.2) is 8.42 Å². The lowest BCUT2D eigenvalue weighted by molar-refractivity contribution is -0.139. The smallest absolute Gasteiger partial charge is 0.264 e. The summed E-state index contributed by atoms with van der Waals surface area (Å²) in [6.45, 7) is 2.99. The van der Waals surface area contributed by atoms with Crippen molar-refractivity contribution in [2.75, 3.05) is 10.8 Å². The van der Waals surface area contributed by atoms with Crippen LogP contribution in [-0.4, -0.2) is 43.8 Å². The maximum atomic E-state index is 14.2. The molecule has 0 radical (unpaired) electrons. The van der Waals surface area contributed by atoms with Crippen LogP contribution in [0.25, 0.3) is 0 Å². The first-order chi connectivity index (χ1) is 19.6. The molecule has 2 amide bonds. The van der Waals surface area contributed by atoms with E-state index in [0.717, 1.165) is 35.6 Å². The minimum Gasteiger partial charge on any atom is -0.352 e. The van der Waals surface area contributed by atoms with E-state index in [1.807, 2.05) is 19.1 Å². The first-order valence-corrected chi connectivity index (χ1v) is 16.0. The molecule has 1 N–H and O–H groups in total. The second-order valence-electron chi connectivity index (χ2n) is 10.2. The van der Waals surface area contributed by atoms with Crippen molar-refractivity contribution in [1.29, 1.82) is 0 Å². The van der Waals surface area contributed by atoms with Crippen LogP contribution in [-0.2, 0) is 32.6 Å². The Hall–Kier alpha value is -3.07. The molecule has 0 bridgehead atoms. The molecule has 1 aliphatic rings. The molecule has 0 heterocycles. The third-order valence-electron chi connectivity index (χ3n) is 7.51. The molecular formula is C31H35Cl2N3O4S. The van der Waals surface area contributed by atoms with Gasteiger partial charge in [0, 0.05) is 28.2 Å². The lowest BCUT2D eigenvalue weighted by Gasteiger charge is -2.33. The molecule has 1 atom stereocenters. The Morgan fingerprint density at radius 2 is 1.54 bits per heavy atom. The van der Waals surface area contributed by atoms with Crippen molar-refractivity contribution in [2.45, 2.75) is 69.5 Å². The SMILES string of the molecule is CCc1ccccc1N(CC(=O)N(Cc1c(Cl)cccc1Cl)[C@H](C)C(=O)NC1CCCC1)S(=O)(=O)c1ccccc1. The maximum absolute atomic E-state index is 14.2. The van der Waals surface area contributed by atoms with Gasteiger partial charge in [0.15, 0.2) is 0 Å². The number of hydrogen-bond acceptors (Lipinski definition) is 4. The number of rotatable bonds is 11. The van der Waals surface area contributed by atoms with Crippen molar-refractivity contribution in [2.24, 2.45) is 0 Å². The third-order valence-corrected chi connectivity index (χ3v) is 9.99. The van der Waals surface area contributed by atoms with Gasteiger partial charge in [-0.05, 0) is 62.1 Å². The molecule has 1 saturated carbocycles. The van der Waals surface area contributed by atoms with Gasteiger partial charge in [-0.3, -0.25) is 13.9 Å². The minimum atomic E-state index is -4.14. The normalized spacial score (nSPS) is 14.4. The van der Waals surface area contributed by atoms with E-state index in [4.69, 9.17) is 23.2 Å². The summed E-state index contributed by atoms with van der Waals surface area (Å²) in [5, 5.41) is 3.76. The van der Waals surface area contributed by atoms with Crippen LogP contribution < -0.4 is 9.62 Å². The van der Waals surface area contributed by atoms with E-state index in [1.54, 1.807) is 55.5 Å². The Balaban J connectivity index is 1.74. The molecule has 41 heavy (non-hydrogen) atoms. The molecule has 7 nitrogen and oxygen atoms in total. The first kappa shape index (κ1) is 30.9. The molecule has 1 aliphatic carbocycles. The van der Waals surface area contributed by atoms with Gasteiger partial charge in [-0.15, -0.1) is 0 Å². The summed E-state index contributed by atoms with van der Waals surface area (Å²) in [5.74, 6) is -0.861. The van der Waals surface area contributed by atoms with Crippen molar-refractivity contribution < 1.29 is 18.0 Å². The van der Waals surface area contributed by atoms with Gasteiger partial charge < -0.3 is 10.2 Å². The highest BCUT2D eigenvalue weighted by atomic mass is 35.5. The van der Waals surface area contributed by atoms with Crippen LogP contribution >= 0.6 is 23.2 Å². The summed E-state index contributed by atoms with van der Waals surface area (Å²) in [5.41, 5.74) is 1.66. The molecule has 4 rings (SSSR count). The lowest BCUT2D eigenvalue weighted by Crippen LogP contribution is -2.52. The number of nitrogens with one attached hydrogen (secondary N) is 1. The van der Waals surface area contributed by atoms with Crippen LogP contribution in [0.4, 0.5) is 5.69 Å². The summed E-state index contributed by atoms with van der Waals surface area (Å²) in [6, 6.07) is 19.3. The molecule has 10 heteroatoms. The van der Waals surface area contributed by atoms with Gasteiger partial charge in [0.2, 0.25) is 11.8 Å². The largest absolute Gasteiger partial charge is 0.352 e. The van der Waals surface area contributed by atoms with E-state index < -0.39 is 28.5 Å². The number of sulfonamides is 1. The van der Waals surface area contributed by atoms with Crippen LogP contribution in [0.15, 0.2) is 77.7 Å². The van der Waals surface area contributed by atoms with E-state index in [1.165, 1.54) is 17.0 Å². The lowest BCUT2D eigenvalue weighted by atomic mass is 10.1. The monoisotopic (exact) mass is 615 g/mol. The number of carbonyl (C=O) groups excluding carboxylic acids is 2. The van der Waals surface area contributed by atoms with Crippen molar-refractivity contribution >= 4 is 50.7 Å². The third kappa shape index (κ3) is 7.23. The van der Waals surface area contributed by atoms with Crippen molar-refractivity contribution in [3.63, 3.8) is 0 Å². The molecule has 0 saturated heterocycles. The number of carbonyl (C=O) groups is 2. The number of aryl methyl sites for hydroxylation is 1. The van der Waals surface area contributed by atoms with Crippen LogP contribution in [0, 0.1) is 0 Å².